The highest BCUT2D eigenvalue weighted by molar-refractivity contribution is 7.07. The van der Waals surface area contributed by atoms with Gasteiger partial charge in [0, 0.05) is 29.3 Å². The predicted octanol–water partition coefficient (Wildman–Crippen LogP) is 5.76. The number of esters is 1. The molecule has 0 saturated heterocycles. The van der Waals surface area contributed by atoms with E-state index in [1.54, 1.807) is 25.1 Å². The minimum Gasteiger partial charge on any atom is -0.463 e. The number of rotatable bonds is 7. The number of fused-ring (bicyclic) bond motifs is 1. The molecule has 5 aromatic rings. The van der Waals surface area contributed by atoms with E-state index in [1.165, 1.54) is 22.8 Å². The second-order valence-electron chi connectivity index (χ2n) is 9.47. The highest BCUT2D eigenvalue weighted by Gasteiger charge is 2.35. The van der Waals surface area contributed by atoms with Gasteiger partial charge in [0.1, 0.15) is 11.5 Å². The fraction of sp³-hybridized carbons (Fsp3) is 0.0938. The van der Waals surface area contributed by atoms with Gasteiger partial charge in [0.05, 0.1) is 38.4 Å². The van der Waals surface area contributed by atoms with Gasteiger partial charge >= 0.3 is 5.97 Å². The van der Waals surface area contributed by atoms with E-state index >= 15 is 0 Å². The molecular formula is C32H22ClN3O6S. The van der Waals surface area contributed by atoms with Crippen molar-refractivity contribution in [1.82, 2.24) is 4.57 Å². The van der Waals surface area contributed by atoms with E-state index in [1.807, 2.05) is 60.7 Å². The molecule has 0 unspecified atom stereocenters. The fourth-order valence-electron chi connectivity index (χ4n) is 4.91. The van der Waals surface area contributed by atoms with Crippen LogP contribution in [0.25, 0.3) is 23.1 Å². The van der Waals surface area contributed by atoms with Gasteiger partial charge in [0.25, 0.3) is 11.2 Å². The van der Waals surface area contributed by atoms with E-state index < -0.39 is 16.9 Å². The summed E-state index contributed by atoms with van der Waals surface area (Å²) in [5.74, 6) is 0.0931. The van der Waals surface area contributed by atoms with E-state index in [0.717, 1.165) is 16.9 Å². The van der Waals surface area contributed by atoms with Gasteiger partial charge in [-0.05, 0) is 30.7 Å². The molecule has 0 saturated carbocycles. The molecule has 214 valence electrons. The third-order valence-electron chi connectivity index (χ3n) is 6.82. The van der Waals surface area contributed by atoms with E-state index in [0.29, 0.717) is 37.7 Å². The fourth-order valence-corrected chi connectivity index (χ4v) is 6.10. The Labute approximate surface area is 253 Å². The Morgan fingerprint density at radius 3 is 2.51 bits per heavy atom. The lowest BCUT2D eigenvalue weighted by Gasteiger charge is -2.25. The summed E-state index contributed by atoms with van der Waals surface area (Å²) in [6.07, 6.45) is 1.58. The Morgan fingerprint density at radius 2 is 1.81 bits per heavy atom. The van der Waals surface area contributed by atoms with E-state index in [-0.39, 0.29) is 28.4 Å². The van der Waals surface area contributed by atoms with E-state index in [9.17, 15) is 19.7 Å². The highest BCUT2D eigenvalue weighted by atomic mass is 35.5. The topological polar surface area (TPSA) is 117 Å². The zero-order valence-corrected chi connectivity index (χ0v) is 24.2. The number of ether oxygens (including phenoxy) is 1. The molecule has 1 atom stereocenters. The molecule has 9 nitrogen and oxygen atoms in total. The van der Waals surface area contributed by atoms with Crippen molar-refractivity contribution in [3.05, 3.63) is 148 Å². The van der Waals surface area contributed by atoms with Gasteiger partial charge in [0.2, 0.25) is 0 Å². The molecule has 0 amide bonds. The summed E-state index contributed by atoms with van der Waals surface area (Å²) in [6.45, 7) is 1.89. The Hall–Kier alpha value is -5.06. The predicted molar refractivity (Wildman–Crippen MR) is 163 cm³/mol. The minimum absolute atomic E-state index is 0.127. The quantitative estimate of drug-likeness (QED) is 0.131. The van der Waals surface area contributed by atoms with Crippen LogP contribution in [0.3, 0.4) is 0 Å². The van der Waals surface area contributed by atoms with Gasteiger partial charge in [-0.3, -0.25) is 19.5 Å². The number of hydrogen-bond donors (Lipinski definition) is 0. The summed E-state index contributed by atoms with van der Waals surface area (Å²) in [5, 5.41) is 11.6. The molecule has 0 fully saturated rings. The summed E-state index contributed by atoms with van der Waals surface area (Å²) >= 11 is 7.46. The monoisotopic (exact) mass is 611 g/mol. The van der Waals surface area contributed by atoms with Crippen LogP contribution in [0.15, 0.2) is 111 Å². The van der Waals surface area contributed by atoms with Crippen LogP contribution in [0.5, 0.6) is 0 Å². The number of nitro groups is 1. The first-order valence-corrected chi connectivity index (χ1v) is 14.4. The molecule has 2 aromatic heterocycles. The molecule has 0 spiro atoms. The molecule has 3 heterocycles. The SMILES string of the molecule is CCOC(=O)C1=C(c2ccccc2)N=c2s/c(=C\c3ccc(-c4cc([N+](=O)[O-])ccc4Cl)o3)c(=O)n2[C@H]1c1ccccc1. The maximum absolute atomic E-state index is 14.0. The van der Waals surface area contributed by atoms with Crippen LogP contribution in [0.2, 0.25) is 5.02 Å². The Kier molecular flexibility index (Phi) is 7.62. The first-order valence-electron chi connectivity index (χ1n) is 13.2. The third kappa shape index (κ3) is 5.33. The molecule has 6 rings (SSSR count). The van der Waals surface area contributed by atoms with Crippen LogP contribution in [0.1, 0.15) is 29.9 Å². The van der Waals surface area contributed by atoms with Crippen molar-refractivity contribution in [1.29, 1.82) is 0 Å². The maximum Gasteiger partial charge on any atom is 0.338 e. The second-order valence-corrected chi connectivity index (χ2v) is 10.9. The molecule has 0 bridgehead atoms. The first kappa shape index (κ1) is 28.1. The summed E-state index contributed by atoms with van der Waals surface area (Å²) in [4.78, 5) is 43.5. The van der Waals surface area contributed by atoms with Crippen molar-refractivity contribution >= 4 is 46.4 Å². The number of furan rings is 1. The number of benzene rings is 3. The van der Waals surface area contributed by atoms with Crippen LogP contribution >= 0.6 is 22.9 Å². The molecule has 1 aliphatic rings. The van der Waals surface area contributed by atoms with E-state index in [2.05, 4.69) is 0 Å². The maximum atomic E-state index is 14.0. The van der Waals surface area contributed by atoms with Gasteiger partial charge in [-0.1, -0.05) is 83.6 Å². The van der Waals surface area contributed by atoms with Crippen LogP contribution in [-0.4, -0.2) is 22.1 Å². The third-order valence-corrected chi connectivity index (χ3v) is 8.13. The van der Waals surface area contributed by atoms with Crippen LogP contribution in [0.4, 0.5) is 5.69 Å². The van der Waals surface area contributed by atoms with Gasteiger partial charge in [-0.2, -0.15) is 0 Å². The smallest absolute Gasteiger partial charge is 0.338 e. The Bertz CT molecular complexity index is 2080. The number of carbonyl (C=O) groups is 1. The van der Waals surface area contributed by atoms with Crippen molar-refractivity contribution in [3.63, 3.8) is 0 Å². The molecule has 11 heteroatoms. The number of aromatic nitrogens is 1. The molecule has 0 aliphatic carbocycles. The lowest BCUT2D eigenvalue weighted by atomic mass is 9.93. The largest absolute Gasteiger partial charge is 0.463 e. The number of nitro benzene ring substituents is 1. The summed E-state index contributed by atoms with van der Waals surface area (Å²) < 4.78 is 13.3. The lowest BCUT2D eigenvalue weighted by Crippen LogP contribution is -2.39. The number of hydrogen-bond acceptors (Lipinski definition) is 8. The summed E-state index contributed by atoms with van der Waals surface area (Å²) in [5.41, 5.74) is 2.00. The van der Waals surface area contributed by atoms with Crippen LogP contribution in [-0.2, 0) is 9.53 Å². The number of non-ortho nitro benzene ring substituents is 1. The molecule has 0 N–H and O–H groups in total. The van der Waals surface area contributed by atoms with Crippen molar-refractivity contribution < 1.29 is 18.9 Å². The average Bonchev–Trinajstić information content (AvgIpc) is 3.61. The number of nitrogens with zero attached hydrogens (tertiary/aromatic N) is 3. The number of halogens is 1. The molecule has 1 aliphatic heterocycles. The van der Waals surface area contributed by atoms with E-state index in [4.69, 9.17) is 25.7 Å². The molecule has 0 radical (unpaired) electrons. The van der Waals surface area contributed by atoms with Crippen molar-refractivity contribution in [2.45, 2.75) is 13.0 Å². The van der Waals surface area contributed by atoms with Gasteiger partial charge in [0.15, 0.2) is 4.80 Å². The zero-order chi connectivity index (χ0) is 30.1. The number of thiazole rings is 1. The number of carbonyl (C=O) groups excluding carboxylic acids is 1. The Balaban J connectivity index is 1.53. The zero-order valence-electron chi connectivity index (χ0n) is 22.6. The van der Waals surface area contributed by atoms with Crippen LogP contribution in [0, 0.1) is 10.1 Å². The van der Waals surface area contributed by atoms with Crippen LogP contribution < -0.4 is 14.9 Å². The van der Waals surface area contributed by atoms with Crippen molar-refractivity contribution in [2.24, 2.45) is 4.99 Å². The first-order chi connectivity index (χ1) is 20.9. The molecule has 43 heavy (non-hydrogen) atoms. The lowest BCUT2D eigenvalue weighted by molar-refractivity contribution is -0.384. The summed E-state index contributed by atoms with van der Waals surface area (Å²) in [7, 11) is 0. The summed E-state index contributed by atoms with van der Waals surface area (Å²) in [6, 6.07) is 25.2. The second kappa shape index (κ2) is 11.7. The Morgan fingerprint density at radius 1 is 1.09 bits per heavy atom. The highest BCUT2D eigenvalue weighted by Crippen LogP contribution is 2.35. The molecule has 3 aromatic carbocycles. The van der Waals surface area contributed by atoms with Crippen molar-refractivity contribution in [3.8, 4) is 11.3 Å². The molecular weight excluding hydrogens is 590 g/mol. The normalized spacial score (nSPS) is 14.7. The van der Waals surface area contributed by atoms with Gasteiger partial charge in [-0.25, -0.2) is 9.79 Å². The van der Waals surface area contributed by atoms with Gasteiger partial charge < -0.3 is 9.15 Å². The average molecular weight is 612 g/mol. The standard InChI is InChI=1S/C32H22ClN3O6S/c1-2-41-31(38)27-28(19-9-5-3-6-10-19)34-32-35(29(27)20-11-7-4-8-12-20)30(37)26(43-32)18-22-14-16-25(42-22)23-17-21(36(39)40)13-15-24(23)33/h3-18,29H,2H2,1H3/b26-18-/t29-/m0/s1. The minimum atomic E-state index is -0.787. The van der Waals surface area contributed by atoms with Crippen molar-refractivity contribution in [2.75, 3.05) is 6.61 Å². The van der Waals surface area contributed by atoms with Gasteiger partial charge in [-0.15, -0.1) is 0 Å².